The number of carbonyl (C=O) groups excluding carboxylic acids is 2. The third kappa shape index (κ3) is 7.09. The van der Waals surface area contributed by atoms with Crippen molar-refractivity contribution in [2.24, 2.45) is 0 Å². The summed E-state index contributed by atoms with van der Waals surface area (Å²) in [5, 5.41) is 12.4. The normalized spacial score (nSPS) is 11.2. The third-order valence-corrected chi connectivity index (χ3v) is 4.82. The van der Waals surface area contributed by atoms with Crippen LogP contribution in [0.5, 0.6) is 0 Å². The molecule has 3 aromatic rings. The summed E-state index contributed by atoms with van der Waals surface area (Å²) in [6.07, 6.45) is -0.128. The topological polar surface area (TPSA) is 154 Å². The molecule has 0 saturated heterocycles. The van der Waals surface area contributed by atoms with Crippen LogP contribution in [-0.2, 0) is 18.8 Å². The molecule has 0 radical (unpaired) electrons. The predicted molar refractivity (Wildman–Crippen MR) is 112 cm³/mol. The number of hydrogen-bond donors (Lipinski definition) is 2. The predicted octanol–water partition coefficient (Wildman–Crippen LogP) is 1.99. The number of nitrogens with zero attached hydrogens (tertiary/aromatic N) is 4. The van der Waals surface area contributed by atoms with Gasteiger partial charge in [-0.2, -0.15) is 0 Å². The zero-order valence-electron chi connectivity index (χ0n) is 16.9. The Morgan fingerprint density at radius 1 is 0.938 bits per heavy atom. The number of carbonyl (C=O) groups is 2. The Kier molecular flexibility index (Phi) is 7.82. The lowest BCUT2D eigenvalue weighted by Crippen LogP contribution is -2.12. The van der Waals surface area contributed by atoms with Crippen LogP contribution in [0.1, 0.15) is 23.2 Å². The number of aromatic nitrogens is 4. The van der Waals surface area contributed by atoms with Crippen LogP contribution < -0.4 is 0 Å². The number of para-hydroxylation sites is 1. The first kappa shape index (κ1) is 23.3. The molecule has 0 unspecified atom stereocenters. The fourth-order valence-corrected chi connectivity index (χ4v) is 3.04. The number of rotatable bonds is 10. The van der Waals surface area contributed by atoms with E-state index in [1.807, 2.05) is 30.3 Å². The molecule has 3 rings (SSSR count). The highest BCUT2D eigenvalue weighted by atomic mass is 31.2. The largest absolute Gasteiger partial charge is 0.465 e. The maximum Gasteiger partial charge on any atom is 0.338 e. The minimum absolute atomic E-state index is 0.0122. The lowest BCUT2D eigenvalue weighted by atomic mass is 10.1. The lowest BCUT2D eigenvalue weighted by Gasteiger charge is -2.07. The van der Waals surface area contributed by atoms with Crippen LogP contribution in [0.4, 0.5) is 0 Å². The Morgan fingerprint density at radius 2 is 1.59 bits per heavy atom. The van der Waals surface area contributed by atoms with Crippen molar-refractivity contribution in [1.82, 2.24) is 20.2 Å². The number of ether oxygens (including phenoxy) is 2. The van der Waals surface area contributed by atoms with Gasteiger partial charge in [0.05, 0.1) is 24.5 Å². The Morgan fingerprint density at radius 3 is 2.25 bits per heavy atom. The van der Waals surface area contributed by atoms with E-state index in [9.17, 15) is 14.2 Å². The SMILES string of the molecule is O=C(CP(=O)(O)O)OCCCCOC(=O)c1ccc(-c2nnn(-c3ccccc3)n2)cc1. The highest BCUT2D eigenvalue weighted by Crippen LogP contribution is 2.33. The molecule has 168 valence electrons. The first-order valence-corrected chi connectivity index (χ1v) is 11.4. The van der Waals surface area contributed by atoms with Crippen molar-refractivity contribution in [2.75, 3.05) is 19.4 Å². The molecule has 0 spiro atoms. The second kappa shape index (κ2) is 10.8. The average molecular weight is 460 g/mol. The maximum absolute atomic E-state index is 12.1. The van der Waals surface area contributed by atoms with E-state index in [0.717, 1.165) is 5.69 Å². The zero-order valence-corrected chi connectivity index (χ0v) is 17.8. The summed E-state index contributed by atoms with van der Waals surface area (Å²) in [5.74, 6) is -1.05. The van der Waals surface area contributed by atoms with Crippen molar-refractivity contribution in [3.05, 3.63) is 60.2 Å². The standard InChI is InChI=1S/C20H21N4O7P/c25-18(14-32(27,28)29)30-12-4-5-13-31-20(26)16-10-8-15(9-11-16)19-21-23-24(22-19)17-6-2-1-3-7-17/h1-3,6-11H,4-5,12-14H2,(H2,27,28,29). The monoisotopic (exact) mass is 460 g/mol. The minimum Gasteiger partial charge on any atom is -0.465 e. The minimum atomic E-state index is -4.42. The second-order valence-corrected chi connectivity index (χ2v) is 8.35. The van der Waals surface area contributed by atoms with Gasteiger partial charge in [0.2, 0.25) is 5.82 Å². The van der Waals surface area contributed by atoms with Crippen molar-refractivity contribution >= 4 is 19.5 Å². The molecule has 0 saturated carbocycles. The molecular weight excluding hydrogens is 439 g/mol. The number of tetrazole rings is 1. The van der Waals surface area contributed by atoms with Crippen LogP contribution in [-0.4, -0.2) is 61.3 Å². The van der Waals surface area contributed by atoms with Gasteiger partial charge in [0.15, 0.2) is 0 Å². The van der Waals surface area contributed by atoms with Gasteiger partial charge in [-0.1, -0.05) is 30.3 Å². The van der Waals surface area contributed by atoms with Crippen LogP contribution in [0, 0.1) is 0 Å². The van der Waals surface area contributed by atoms with Crippen LogP contribution in [0.3, 0.4) is 0 Å². The Hall–Kier alpha value is -3.40. The van der Waals surface area contributed by atoms with Gasteiger partial charge in [-0.3, -0.25) is 9.36 Å². The smallest absolute Gasteiger partial charge is 0.338 e. The van der Waals surface area contributed by atoms with E-state index in [0.29, 0.717) is 29.8 Å². The second-order valence-electron chi connectivity index (χ2n) is 6.70. The molecule has 1 heterocycles. The van der Waals surface area contributed by atoms with Crippen molar-refractivity contribution in [3.8, 4) is 17.1 Å². The van der Waals surface area contributed by atoms with Crippen molar-refractivity contribution < 1.29 is 33.4 Å². The van der Waals surface area contributed by atoms with Gasteiger partial charge in [0.25, 0.3) is 0 Å². The van der Waals surface area contributed by atoms with E-state index < -0.39 is 25.7 Å². The molecule has 2 aromatic carbocycles. The fourth-order valence-electron chi connectivity index (χ4n) is 2.61. The first-order chi connectivity index (χ1) is 15.3. The molecule has 0 aliphatic heterocycles. The van der Waals surface area contributed by atoms with Crippen molar-refractivity contribution in [1.29, 1.82) is 0 Å². The van der Waals surface area contributed by atoms with Gasteiger partial charge in [0.1, 0.15) is 6.16 Å². The Bertz CT molecular complexity index is 1100. The third-order valence-electron chi connectivity index (χ3n) is 4.15. The summed E-state index contributed by atoms with van der Waals surface area (Å²) in [5.41, 5.74) is 1.83. The van der Waals surface area contributed by atoms with Gasteiger partial charge in [0, 0.05) is 5.56 Å². The van der Waals surface area contributed by atoms with Crippen molar-refractivity contribution in [2.45, 2.75) is 12.8 Å². The van der Waals surface area contributed by atoms with E-state index in [-0.39, 0.29) is 13.2 Å². The molecular formula is C20H21N4O7P. The number of benzene rings is 2. The first-order valence-electron chi connectivity index (χ1n) is 9.65. The molecule has 0 fully saturated rings. The molecule has 0 aliphatic carbocycles. The summed E-state index contributed by atoms with van der Waals surface area (Å²) in [6.45, 7) is 0.103. The van der Waals surface area contributed by atoms with E-state index in [1.54, 1.807) is 24.3 Å². The van der Waals surface area contributed by atoms with Gasteiger partial charge >= 0.3 is 19.5 Å². The molecule has 0 bridgehead atoms. The summed E-state index contributed by atoms with van der Waals surface area (Å²) in [6, 6.07) is 16.0. The Balaban J connectivity index is 1.42. The molecule has 0 amide bonds. The summed E-state index contributed by atoms with van der Waals surface area (Å²) in [4.78, 5) is 42.1. The molecule has 1 aromatic heterocycles. The summed E-state index contributed by atoms with van der Waals surface area (Å²) in [7, 11) is -4.42. The zero-order chi connectivity index (χ0) is 23.0. The molecule has 0 aliphatic rings. The van der Waals surface area contributed by atoms with E-state index in [4.69, 9.17) is 19.3 Å². The molecule has 0 atom stereocenters. The molecule has 11 nitrogen and oxygen atoms in total. The molecule has 32 heavy (non-hydrogen) atoms. The maximum atomic E-state index is 12.1. The quantitative estimate of drug-likeness (QED) is 0.261. The van der Waals surface area contributed by atoms with E-state index in [1.165, 1.54) is 4.80 Å². The average Bonchev–Trinajstić information content (AvgIpc) is 3.26. The highest BCUT2D eigenvalue weighted by molar-refractivity contribution is 7.52. The number of unbranched alkanes of at least 4 members (excludes halogenated alkanes) is 1. The molecule has 2 N–H and O–H groups in total. The van der Waals surface area contributed by atoms with Crippen molar-refractivity contribution in [3.63, 3.8) is 0 Å². The lowest BCUT2D eigenvalue weighted by molar-refractivity contribution is -0.140. The summed E-state index contributed by atoms with van der Waals surface area (Å²) >= 11 is 0. The van der Waals surface area contributed by atoms with Crippen LogP contribution >= 0.6 is 7.60 Å². The Labute approximate surface area is 183 Å². The van der Waals surface area contributed by atoms with Crippen LogP contribution in [0.25, 0.3) is 17.1 Å². The van der Waals surface area contributed by atoms with Crippen LogP contribution in [0.2, 0.25) is 0 Å². The van der Waals surface area contributed by atoms with Gasteiger partial charge in [-0.05, 0) is 42.3 Å². The van der Waals surface area contributed by atoms with Crippen LogP contribution in [0.15, 0.2) is 54.6 Å². The molecule has 12 heteroatoms. The van der Waals surface area contributed by atoms with Gasteiger partial charge in [-0.25, -0.2) is 4.79 Å². The van der Waals surface area contributed by atoms with E-state index in [2.05, 4.69) is 15.4 Å². The van der Waals surface area contributed by atoms with Gasteiger partial charge < -0.3 is 19.3 Å². The number of hydrogen-bond acceptors (Lipinski definition) is 8. The van der Waals surface area contributed by atoms with Gasteiger partial charge in [-0.15, -0.1) is 15.0 Å². The fraction of sp³-hybridized carbons (Fsp3) is 0.250. The highest BCUT2D eigenvalue weighted by Gasteiger charge is 2.20. The van der Waals surface area contributed by atoms with E-state index >= 15 is 0 Å². The summed E-state index contributed by atoms with van der Waals surface area (Å²) < 4.78 is 20.5. The number of esters is 2.